The van der Waals surface area contributed by atoms with E-state index < -0.39 is 10.2 Å². The van der Waals surface area contributed by atoms with Gasteiger partial charge in [0, 0.05) is 26.1 Å². The third kappa shape index (κ3) is 3.78. The second kappa shape index (κ2) is 5.45. The van der Waals surface area contributed by atoms with Crippen LogP contribution in [0.25, 0.3) is 0 Å². The van der Waals surface area contributed by atoms with Gasteiger partial charge in [-0.25, -0.2) is 4.72 Å². The maximum atomic E-state index is 11.7. The van der Waals surface area contributed by atoms with E-state index in [9.17, 15) is 8.42 Å². The van der Waals surface area contributed by atoms with Crippen molar-refractivity contribution in [2.24, 2.45) is 5.92 Å². The quantitative estimate of drug-likeness (QED) is 0.715. The number of nitriles is 1. The molecule has 1 aliphatic heterocycles. The fourth-order valence-corrected chi connectivity index (χ4v) is 3.05. The molecule has 1 fully saturated rings. The number of rotatable bonds is 4. The van der Waals surface area contributed by atoms with Crippen molar-refractivity contribution in [2.45, 2.75) is 26.2 Å². The van der Waals surface area contributed by atoms with Crippen LogP contribution in [0.15, 0.2) is 0 Å². The van der Waals surface area contributed by atoms with Crippen LogP contribution in [-0.4, -0.2) is 32.4 Å². The maximum absolute atomic E-state index is 11.7. The van der Waals surface area contributed by atoms with E-state index in [1.165, 1.54) is 4.31 Å². The molecule has 1 rings (SSSR count). The lowest BCUT2D eigenvalue weighted by Crippen LogP contribution is -2.45. The second-order valence-corrected chi connectivity index (χ2v) is 5.67. The third-order valence-electron chi connectivity index (χ3n) is 2.48. The minimum atomic E-state index is -3.36. The Hall–Kier alpha value is -0.640. The highest BCUT2D eigenvalue weighted by Gasteiger charge is 2.26. The van der Waals surface area contributed by atoms with E-state index in [1.807, 2.05) is 6.07 Å². The zero-order chi connectivity index (χ0) is 11.3. The summed E-state index contributed by atoms with van der Waals surface area (Å²) in [5.74, 6) is 0.422. The van der Waals surface area contributed by atoms with Gasteiger partial charge >= 0.3 is 0 Å². The first-order valence-electron chi connectivity index (χ1n) is 5.18. The Morgan fingerprint density at radius 2 is 2.33 bits per heavy atom. The van der Waals surface area contributed by atoms with Crippen molar-refractivity contribution in [3.8, 4) is 6.07 Å². The maximum Gasteiger partial charge on any atom is 0.279 e. The monoisotopic (exact) mass is 231 g/mol. The molecule has 0 aromatic rings. The van der Waals surface area contributed by atoms with Gasteiger partial charge in [0.25, 0.3) is 10.2 Å². The first-order valence-corrected chi connectivity index (χ1v) is 6.62. The molecule has 0 spiro atoms. The van der Waals surface area contributed by atoms with Gasteiger partial charge in [0.15, 0.2) is 0 Å². The molecular weight excluding hydrogens is 214 g/mol. The minimum absolute atomic E-state index is 0.198. The number of hydrogen-bond acceptors (Lipinski definition) is 3. The molecule has 6 heteroatoms. The summed E-state index contributed by atoms with van der Waals surface area (Å²) >= 11 is 0. The summed E-state index contributed by atoms with van der Waals surface area (Å²) in [5, 5.41) is 8.32. The molecule has 1 saturated heterocycles. The van der Waals surface area contributed by atoms with E-state index in [-0.39, 0.29) is 13.0 Å². The Labute approximate surface area is 91.3 Å². The predicted octanol–water partition coefficient (Wildman–Crippen LogP) is 0.466. The Balaban J connectivity index is 2.49. The second-order valence-electron chi connectivity index (χ2n) is 3.91. The molecule has 15 heavy (non-hydrogen) atoms. The molecule has 1 heterocycles. The van der Waals surface area contributed by atoms with Crippen LogP contribution in [-0.2, 0) is 10.2 Å². The lowest BCUT2D eigenvalue weighted by atomic mass is 10.0. The summed E-state index contributed by atoms with van der Waals surface area (Å²) in [4.78, 5) is 0. The van der Waals surface area contributed by atoms with Crippen molar-refractivity contribution in [3.05, 3.63) is 0 Å². The molecule has 0 aliphatic carbocycles. The molecule has 0 radical (unpaired) electrons. The van der Waals surface area contributed by atoms with Gasteiger partial charge in [0.1, 0.15) is 0 Å². The van der Waals surface area contributed by atoms with Crippen LogP contribution in [0.2, 0.25) is 0 Å². The van der Waals surface area contributed by atoms with Crippen LogP contribution in [0.3, 0.4) is 0 Å². The van der Waals surface area contributed by atoms with Crippen molar-refractivity contribution in [1.82, 2.24) is 9.03 Å². The van der Waals surface area contributed by atoms with Crippen molar-refractivity contribution >= 4 is 10.2 Å². The summed E-state index contributed by atoms with van der Waals surface area (Å²) in [6.07, 6.45) is 2.22. The molecule has 1 N–H and O–H groups in total. The standard InChI is InChI=1S/C9H17N3O2S/c1-9-4-2-7-12(8-9)15(13,14)11-6-3-5-10/h9,11H,2-4,6-8H2,1H3. The van der Waals surface area contributed by atoms with Crippen molar-refractivity contribution in [2.75, 3.05) is 19.6 Å². The molecule has 1 unspecified atom stereocenters. The van der Waals surface area contributed by atoms with Crippen molar-refractivity contribution in [1.29, 1.82) is 5.26 Å². The van der Waals surface area contributed by atoms with E-state index in [4.69, 9.17) is 5.26 Å². The molecule has 5 nitrogen and oxygen atoms in total. The molecule has 1 atom stereocenters. The SMILES string of the molecule is CC1CCCN(S(=O)(=O)NCCC#N)C1. The fraction of sp³-hybridized carbons (Fsp3) is 0.889. The Morgan fingerprint density at radius 1 is 1.60 bits per heavy atom. The number of nitrogens with zero attached hydrogens (tertiary/aromatic N) is 2. The van der Waals surface area contributed by atoms with Gasteiger partial charge in [0.2, 0.25) is 0 Å². The molecule has 0 amide bonds. The van der Waals surface area contributed by atoms with Gasteiger partial charge in [0.05, 0.1) is 6.07 Å². The summed E-state index contributed by atoms with van der Waals surface area (Å²) in [5.41, 5.74) is 0. The topological polar surface area (TPSA) is 73.2 Å². The normalized spacial score (nSPS) is 23.6. The molecule has 0 saturated carbocycles. The zero-order valence-corrected chi connectivity index (χ0v) is 9.76. The lowest BCUT2D eigenvalue weighted by Gasteiger charge is -2.29. The average Bonchev–Trinajstić information content (AvgIpc) is 2.18. The molecular formula is C9H17N3O2S. The zero-order valence-electron chi connectivity index (χ0n) is 8.94. The van der Waals surface area contributed by atoms with Crippen LogP contribution < -0.4 is 4.72 Å². The minimum Gasteiger partial charge on any atom is -0.201 e. The third-order valence-corrected chi connectivity index (χ3v) is 4.06. The number of hydrogen-bond donors (Lipinski definition) is 1. The Bertz CT molecular complexity index is 334. The van der Waals surface area contributed by atoms with Crippen molar-refractivity contribution < 1.29 is 8.42 Å². The van der Waals surface area contributed by atoms with E-state index in [0.29, 0.717) is 19.0 Å². The van der Waals surface area contributed by atoms with E-state index in [0.717, 1.165) is 12.8 Å². The Kier molecular flexibility index (Phi) is 4.51. The molecule has 0 aromatic carbocycles. The van der Waals surface area contributed by atoms with Gasteiger partial charge in [-0.3, -0.25) is 0 Å². The van der Waals surface area contributed by atoms with Crippen LogP contribution in [0, 0.1) is 17.2 Å². The number of piperidine rings is 1. The number of nitrogens with one attached hydrogen (secondary N) is 1. The largest absolute Gasteiger partial charge is 0.279 e. The Morgan fingerprint density at radius 3 is 2.93 bits per heavy atom. The van der Waals surface area contributed by atoms with E-state index in [2.05, 4.69) is 11.6 Å². The highest BCUT2D eigenvalue weighted by molar-refractivity contribution is 7.87. The molecule has 0 bridgehead atoms. The van der Waals surface area contributed by atoms with E-state index in [1.54, 1.807) is 0 Å². The van der Waals surface area contributed by atoms with Crippen LogP contribution in [0.1, 0.15) is 26.2 Å². The lowest BCUT2D eigenvalue weighted by molar-refractivity contribution is 0.278. The molecule has 86 valence electrons. The van der Waals surface area contributed by atoms with Gasteiger partial charge in [-0.2, -0.15) is 18.0 Å². The first kappa shape index (κ1) is 12.4. The molecule has 0 aromatic heterocycles. The summed E-state index contributed by atoms with van der Waals surface area (Å²) in [6.45, 7) is 3.43. The smallest absolute Gasteiger partial charge is 0.201 e. The highest BCUT2D eigenvalue weighted by atomic mass is 32.2. The van der Waals surface area contributed by atoms with Gasteiger partial charge in [-0.1, -0.05) is 6.92 Å². The van der Waals surface area contributed by atoms with Gasteiger partial charge in [-0.05, 0) is 18.8 Å². The average molecular weight is 231 g/mol. The van der Waals surface area contributed by atoms with Crippen LogP contribution >= 0.6 is 0 Å². The highest BCUT2D eigenvalue weighted by Crippen LogP contribution is 2.17. The predicted molar refractivity (Wildman–Crippen MR) is 57.1 cm³/mol. The van der Waals surface area contributed by atoms with Gasteiger partial charge in [-0.15, -0.1) is 0 Å². The summed E-state index contributed by atoms with van der Waals surface area (Å²) in [7, 11) is -3.36. The molecule has 1 aliphatic rings. The summed E-state index contributed by atoms with van der Waals surface area (Å²) < 4.78 is 27.3. The van der Waals surface area contributed by atoms with Gasteiger partial charge < -0.3 is 0 Å². The fourth-order valence-electron chi connectivity index (χ4n) is 1.69. The van der Waals surface area contributed by atoms with E-state index >= 15 is 0 Å². The summed E-state index contributed by atoms with van der Waals surface area (Å²) in [6, 6.07) is 1.91. The van der Waals surface area contributed by atoms with Crippen molar-refractivity contribution in [3.63, 3.8) is 0 Å². The first-order chi connectivity index (χ1) is 7.06. The van der Waals surface area contributed by atoms with Crippen LogP contribution in [0.5, 0.6) is 0 Å². The van der Waals surface area contributed by atoms with Crippen LogP contribution in [0.4, 0.5) is 0 Å².